The maximum absolute atomic E-state index is 6.08. The Morgan fingerprint density at radius 2 is 1.90 bits per heavy atom. The molecule has 0 bridgehead atoms. The molecule has 0 aliphatic heterocycles. The van der Waals surface area contributed by atoms with E-state index in [1.54, 1.807) is 7.11 Å². The number of benzene rings is 2. The summed E-state index contributed by atoms with van der Waals surface area (Å²) in [5.41, 5.74) is 3.26. The molecular formula is C15H14Br2ClNO. The number of methoxy groups -OCH3 is 1. The molecule has 2 nitrogen and oxygen atoms in total. The van der Waals surface area contributed by atoms with Crippen LogP contribution < -0.4 is 10.1 Å². The van der Waals surface area contributed by atoms with Gasteiger partial charge in [-0.3, -0.25) is 0 Å². The molecule has 0 aliphatic carbocycles. The van der Waals surface area contributed by atoms with Crippen LogP contribution in [0.25, 0.3) is 0 Å². The molecule has 2 aromatic carbocycles. The first-order chi connectivity index (χ1) is 9.51. The first-order valence-corrected chi connectivity index (χ1v) is 7.99. The predicted molar refractivity (Wildman–Crippen MR) is 91.9 cm³/mol. The summed E-state index contributed by atoms with van der Waals surface area (Å²) in [4.78, 5) is 0. The fraction of sp³-hybridized carbons (Fsp3) is 0.200. The van der Waals surface area contributed by atoms with E-state index in [-0.39, 0.29) is 0 Å². The Kier molecular flexibility index (Phi) is 5.35. The molecule has 20 heavy (non-hydrogen) atoms. The van der Waals surface area contributed by atoms with Crippen molar-refractivity contribution in [2.45, 2.75) is 13.5 Å². The van der Waals surface area contributed by atoms with Crippen LogP contribution >= 0.6 is 43.5 Å². The van der Waals surface area contributed by atoms with Gasteiger partial charge in [0.05, 0.1) is 17.3 Å². The highest BCUT2D eigenvalue weighted by molar-refractivity contribution is 9.10. The summed E-state index contributed by atoms with van der Waals surface area (Å²) in [6.45, 7) is 2.75. The average Bonchev–Trinajstić information content (AvgIpc) is 2.37. The summed E-state index contributed by atoms with van der Waals surface area (Å²) in [5, 5.41) is 4.01. The lowest BCUT2D eigenvalue weighted by Gasteiger charge is -2.14. The van der Waals surface area contributed by atoms with Crippen LogP contribution in [0.5, 0.6) is 5.75 Å². The van der Waals surface area contributed by atoms with Gasteiger partial charge in [0.1, 0.15) is 0 Å². The zero-order valence-corrected chi connectivity index (χ0v) is 15.1. The molecule has 0 aromatic heterocycles. The Hall–Kier alpha value is -0.710. The topological polar surface area (TPSA) is 21.3 Å². The summed E-state index contributed by atoms with van der Waals surface area (Å²) in [6, 6.07) is 9.95. The third-order valence-corrected chi connectivity index (χ3v) is 4.44. The van der Waals surface area contributed by atoms with Crippen molar-refractivity contribution in [3.63, 3.8) is 0 Å². The van der Waals surface area contributed by atoms with E-state index in [0.29, 0.717) is 11.6 Å². The molecule has 0 spiro atoms. The standard InChI is InChI=1S/C15H14Br2ClNO/c1-9-3-4-10(12(16)5-9)8-19-14-7-11(18)6-13(17)15(14)20-2/h3-7,19H,8H2,1-2H3. The lowest BCUT2D eigenvalue weighted by atomic mass is 10.1. The van der Waals surface area contributed by atoms with E-state index in [0.717, 1.165) is 20.4 Å². The fourth-order valence-corrected chi connectivity index (χ4v) is 3.49. The second-order valence-electron chi connectivity index (χ2n) is 4.42. The molecule has 0 fully saturated rings. The lowest BCUT2D eigenvalue weighted by Crippen LogP contribution is -2.02. The van der Waals surface area contributed by atoms with E-state index < -0.39 is 0 Å². The van der Waals surface area contributed by atoms with Crippen molar-refractivity contribution in [3.8, 4) is 5.75 Å². The highest BCUT2D eigenvalue weighted by Gasteiger charge is 2.10. The van der Waals surface area contributed by atoms with Crippen molar-refractivity contribution in [1.29, 1.82) is 0 Å². The zero-order valence-electron chi connectivity index (χ0n) is 11.1. The number of aryl methyl sites for hydroxylation is 1. The molecule has 5 heteroatoms. The monoisotopic (exact) mass is 417 g/mol. The van der Waals surface area contributed by atoms with Gasteiger partial charge in [-0.05, 0) is 52.2 Å². The van der Waals surface area contributed by atoms with Crippen LogP contribution in [-0.2, 0) is 6.54 Å². The minimum Gasteiger partial charge on any atom is -0.493 e. The summed E-state index contributed by atoms with van der Waals surface area (Å²) >= 11 is 13.1. The summed E-state index contributed by atoms with van der Waals surface area (Å²) in [7, 11) is 1.64. The Balaban J connectivity index is 2.22. The van der Waals surface area contributed by atoms with Gasteiger partial charge in [-0.25, -0.2) is 0 Å². The van der Waals surface area contributed by atoms with E-state index in [1.165, 1.54) is 11.1 Å². The molecule has 0 unspecified atom stereocenters. The number of ether oxygens (including phenoxy) is 1. The average molecular weight is 420 g/mol. The number of anilines is 1. The van der Waals surface area contributed by atoms with Crippen LogP contribution in [-0.4, -0.2) is 7.11 Å². The SMILES string of the molecule is COc1c(Br)cc(Cl)cc1NCc1ccc(C)cc1Br. The molecule has 0 atom stereocenters. The molecule has 0 radical (unpaired) electrons. The summed E-state index contributed by atoms with van der Waals surface area (Å²) in [6.07, 6.45) is 0. The van der Waals surface area contributed by atoms with Crippen LogP contribution in [0.4, 0.5) is 5.69 Å². The number of hydrogen-bond acceptors (Lipinski definition) is 2. The van der Waals surface area contributed by atoms with Crippen LogP contribution in [0.15, 0.2) is 39.3 Å². The highest BCUT2D eigenvalue weighted by Crippen LogP contribution is 2.36. The van der Waals surface area contributed by atoms with Gasteiger partial charge in [0, 0.05) is 16.0 Å². The van der Waals surface area contributed by atoms with E-state index in [1.807, 2.05) is 12.1 Å². The highest BCUT2D eigenvalue weighted by atomic mass is 79.9. The summed E-state index contributed by atoms with van der Waals surface area (Å²) < 4.78 is 7.31. The van der Waals surface area contributed by atoms with E-state index >= 15 is 0 Å². The second-order valence-corrected chi connectivity index (χ2v) is 6.56. The van der Waals surface area contributed by atoms with Crippen molar-refractivity contribution in [1.82, 2.24) is 0 Å². The summed E-state index contributed by atoms with van der Waals surface area (Å²) in [5.74, 6) is 0.748. The molecule has 0 amide bonds. The largest absolute Gasteiger partial charge is 0.493 e. The molecule has 0 heterocycles. The number of rotatable bonds is 4. The molecule has 0 aliphatic rings. The van der Waals surface area contributed by atoms with Crippen LogP contribution in [0.2, 0.25) is 5.02 Å². The maximum Gasteiger partial charge on any atom is 0.156 e. The first kappa shape index (κ1) is 15.7. The molecule has 0 saturated heterocycles. The van der Waals surface area contributed by atoms with Crippen molar-refractivity contribution < 1.29 is 4.74 Å². The predicted octanol–water partition coefficient (Wildman–Crippen LogP) is 5.79. The van der Waals surface area contributed by atoms with Crippen molar-refractivity contribution in [2.75, 3.05) is 12.4 Å². The van der Waals surface area contributed by atoms with Crippen molar-refractivity contribution in [3.05, 3.63) is 55.4 Å². The van der Waals surface area contributed by atoms with Gasteiger partial charge in [0.25, 0.3) is 0 Å². The van der Waals surface area contributed by atoms with Crippen LogP contribution in [0.3, 0.4) is 0 Å². The van der Waals surface area contributed by atoms with E-state index in [9.17, 15) is 0 Å². The normalized spacial score (nSPS) is 10.4. The van der Waals surface area contributed by atoms with E-state index in [2.05, 4.69) is 62.3 Å². The second kappa shape index (κ2) is 6.83. The molecule has 2 rings (SSSR count). The van der Waals surface area contributed by atoms with Gasteiger partial charge in [0.15, 0.2) is 5.75 Å². The Bertz CT molecular complexity index is 632. The van der Waals surface area contributed by atoms with Crippen LogP contribution in [0, 0.1) is 6.92 Å². The van der Waals surface area contributed by atoms with Gasteiger partial charge < -0.3 is 10.1 Å². The minimum absolute atomic E-state index is 0.656. The smallest absolute Gasteiger partial charge is 0.156 e. The molecule has 2 aromatic rings. The zero-order chi connectivity index (χ0) is 14.7. The first-order valence-electron chi connectivity index (χ1n) is 6.03. The van der Waals surface area contributed by atoms with Crippen LogP contribution in [0.1, 0.15) is 11.1 Å². The Labute approximate surface area is 140 Å². The van der Waals surface area contributed by atoms with Gasteiger partial charge >= 0.3 is 0 Å². The number of hydrogen-bond donors (Lipinski definition) is 1. The van der Waals surface area contributed by atoms with Gasteiger partial charge in [-0.1, -0.05) is 39.7 Å². The molecular weight excluding hydrogens is 405 g/mol. The Morgan fingerprint density at radius 3 is 2.55 bits per heavy atom. The maximum atomic E-state index is 6.08. The van der Waals surface area contributed by atoms with Gasteiger partial charge in [-0.2, -0.15) is 0 Å². The van der Waals surface area contributed by atoms with E-state index in [4.69, 9.17) is 16.3 Å². The number of nitrogens with one attached hydrogen (secondary N) is 1. The Morgan fingerprint density at radius 1 is 1.15 bits per heavy atom. The fourth-order valence-electron chi connectivity index (χ4n) is 1.89. The third-order valence-electron chi connectivity index (χ3n) is 2.89. The van der Waals surface area contributed by atoms with Crippen molar-refractivity contribution in [2.24, 2.45) is 0 Å². The molecule has 1 N–H and O–H groups in total. The molecule has 106 valence electrons. The third kappa shape index (κ3) is 3.68. The minimum atomic E-state index is 0.656. The van der Waals surface area contributed by atoms with Crippen molar-refractivity contribution >= 4 is 49.1 Å². The number of halogens is 3. The quantitative estimate of drug-likeness (QED) is 0.677. The molecule has 0 saturated carbocycles. The van der Waals surface area contributed by atoms with Gasteiger partial charge in [-0.15, -0.1) is 0 Å². The van der Waals surface area contributed by atoms with Gasteiger partial charge in [0.2, 0.25) is 0 Å². The lowest BCUT2D eigenvalue weighted by molar-refractivity contribution is 0.414.